The summed E-state index contributed by atoms with van der Waals surface area (Å²) in [5, 5.41) is 153. The maximum Gasteiger partial charge on any atom is 0.305 e. The summed E-state index contributed by atoms with van der Waals surface area (Å²) in [6.45, 7) is -1.11. The lowest BCUT2D eigenvalue weighted by molar-refractivity contribution is -0.391. The molecular weight excluding hydrogens is 950 g/mol. The third-order valence-electron chi connectivity index (χ3n) is 12.9. The molecule has 5 fully saturated rings. The summed E-state index contributed by atoms with van der Waals surface area (Å²) in [7, 11) is 1.33. The maximum atomic E-state index is 12.6. The van der Waals surface area contributed by atoms with Gasteiger partial charge in [-0.05, 0) is 19.8 Å². The molecule has 15 N–H and O–H groups in total. The van der Waals surface area contributed by atoms with Crippen molar-refractivity contribution >= 4 is 11.9 Å². The van der Waals surface area contributed by atoms with Gasteiger partial charge in [-0.1, -0.05) is 25.7 Å². The number of hydrogen-bond acceptors (Lipinski definition) is 27. The molecule has 0 saturated carbocycles. The van der Waals surface area contributed by atoms with Gasteiger partial charge >= 0.3 is 5.97 Å². The minimum atomic E-state index is -2.08. The van der Waals surface area contributed by atoms with Gasteiger partial charge in [0.05, 0.1) is 39.6 Å². The second-order valence-electron chi connectivity index (χ2n) is 18.0. The number of aliphatic hydroxyl groups is 14. The third-order valence-corrected chi connectivity index (χ3v) is 12.9. The van der Waals surface area contributed by atoms with Gasteiger partial charge in [-0.15, -0.1) is 0 Å². The van der Waals surface area contributed by atoms with Crippen molar-refractivity contribution in [3.05, 3.63) is 0 Å². The summed E-state index contributed by atoms with van der Waals surface area (Å²) >= 11 is 0. The van der Waals surface area contributed by atoms with Gasteiger partial charge in [-0.3, -0.25) is 9.59 Å². The van der Waals surface area contributed by atoms with E-state index in [-0.39, 0.29) is 12.6 Å². The van der Waals surface area contributed by atoms with Crippen LogP contribution in [0.3, 0.4) is 0 Å². The highest BCUT2D eigenvalue weighted by Crippen LogP contribution is 2.36. The van der Waals surface area contributed by atoms with Crippen LogP contribution in [0.25, 0.3) is 0 Å². The molecule has 5 saturated heterocycles. The van der Waals surface area contributed by atoms with E-state index in [0.29, 0.717) is 19.3 Å². The highest BCUT2D eigenvalue weighted by atomic mass is 16.8. The fraction of sp³-hybridized carbons (Fsp3) is 0.952. The van der Waals surface area contributed by atoms with Crippen LogP contribution in [0, 0.1) is 0 Å². The molecule has 0 aromatic rings. The van der Waals surface area contributed by atoms with Gasteiger partial charge in [-0.2, -0.15) is 0 Å². The Kier molecular flexibility index (Phi) is 23.1. The molecule has 0 bridgehead atoms. The lowest BCUT2D eigenvalue weighted by Gasteiger charge is -2.50. The third kappa shape index (κ3) is 14.2. The van der Waals surface area contributed by atoms with Crippen LogP contribution >= 0.6 is 0 Å². The number of nitrogens with one attached hydrogen (secondary N) is 1. The van der Waals surface area contributed by atoms with E-state index in [1.165, 1.54) is 14.0 Å². The second-order valence-corrected chi connectivity index (χ2v) is 18.0. The first-order valence-corrected chi connectivity index (χ1v) is 23.4. The topological polar surface area (TPSA) is 431 Å². The normalized spacial score (nSPS) is 44.7. The Balaban J connectivity index is 1.27. The highest BCUT2D eigenvalue weighted by Gasteiger charge is 2.57. The minimum Gasteiger partial charge on any atom is -0.469 e. The average molecular weight is 1020 g/mol. The van der Waals surface area contributed by atoms with Crippen molar-refractivity contribution in [1.29, 1.82) is 0 Å². The van der Waals surface area contributed by atoms with Crippen molar-refractivity contribution in [1.82, 2.24) is 5.32 Å². The van der Waals surface area contributed by atoms with Crippen LogP contribution in [0.4, 0.5) is 0 Å². The first-order chi connectivity index (χ1) is 33.3. The Labute approximate surface area is 402 Å². The molecule has 1 unspecified atom stereocenters. The van der Waals surface area contributed by atoms with Gasteiger partial charge < -0.3 is 129 Å². The van der Waals surface area contributed by atoms with Crippen LogP contribution in [0.5, 0.6) is 0 Å². The lowest BCUT2D eigenvalue weighted by Crippen LogP contribution is -2.70. The number of aliphatic hydroxyl groups excluding tert-OH is 14. The quantitative estimate of drug-likeness (QED) is 0.0334. The number of carbonyl (C=O) groups is 2. The average Bonchev–Trinajstić information content (AvgIpc) is 3.34. The summed E-state index contributed by atoms with van der Waals surface area (Å²) in [5.74, 6) is -1.07. The van der Waals surface area contributed by atoms with Crippen LogP contribution < -0.4 is 5.32 Å². The molecule has 28 nitrogen and oxygen atoms in total. The van der Waals surface area contributed by atoms with Crippen LogP contribution in [0.2, 0.25) is 0 Å². The Hall–Kier alpha value is -2.02. The fourth-order valence-electron chi connectivity index (χ4n) is 8.86. The van der Waals surface area contributed by atoms with E-state index in [1.54, 1.807) is 0 Å². The summed E-state index contributed by atoms with van der Waals surface area (Å²) < 4.78 is 62.4. The van der Waals surface area contributed by atoms with E-state index in [9.17, 15) is 81.1 Å². The van der Waals surface area contributed by atoms with Gasteiger partial charge in [0.2, 0.25) is 5.91 Å². The Morgan fingerprint density at radius 2 is 0.929 bits per heavy atom. The summed E-state index contributed by atoms with van der Waals surface area (Å²) in [5.41, 5.74) is 0. The Morgan fingerprint density at radius 1 is 0.457 bits per heavy atom. The smallest absolute Gasteiger partial charge is 0.305 e. The van der Waals surface area contributed by atoms with Gasteiger partial charge in [0.15, 0.2) is 31.5 Å². The van der Waals surface area contributed by atoms with Crippen molar-refractivity contribution in [2.45, 2.75) is 212 Å². The molecule has 0 aliphatic carbocycles. The number of amides is 1. The van der Waals surface area contributed by atoms with E-state index >= 15 is 0 Å². The minimum absolute atomic E-state index is 0.112. The molecule has 5 aliphatic heterocycles. The van der Waals surface area contributed by atoms with Gasteiger partial charge in [0.25, 0.3) is 0 Å². The molecule has 5 heterocycles. The van der Waals surface area contributed by atoms with Gasteiger partial charge in [0.1, 0.15) is 116 Å². The van der Waals surface area contributed by atoms with E-state index < -0.39 is 186 Å². The zero-order chi connectivity index (χ0) is 51.6. The number of hydrogen-bond donors (Lipinski definition) is 15. The molecule has 5 aliphatic rings. The van der Waals surface area contributed by atoms with Crippen LogP contribution in [0.15, 0.2) is 0 Å². The Morgan fingerprint density at radius 3 is 1.54 bits per heavy atom. The summed E-state index contributed by atoms with van der Waals surface area (Å²) in [6.07, 6.45) is -37.2. The van der Waals surface area contributed by atoms with Crippen molar-refractivity contribution in [2.75, 3.05) is 40.1 Å². The zero-order valence-electron chi connectivity index (χ0n) is 39.0. The number of methoxy groups -OCH3 is 1. The molecule has 0 spiro atoms. The molecule has 25 atom stereocenters. The number of unbranched alkanes of at least 4 members (excludes halogenated alkanes) is 5. The van der Waals surface area contributed by atoms with E-state index in [2.05, 4.69) is 10.1 Å². The first-order valence-electron chi connectivity index (χ1n) is 23.4. The number of esters is 1. The summed E-state index contributed by atoms with van der Waals surface area (Å²) in [4.78, 5) is 23.8. The second kappa shape index (κ2) is 27.5. The van der Waals surface area contributed by atoms with Crippen LogP contribution in [-0.4, -0.2) is 277 Å². The van der Waals surface area contributed by atoms with E-state index in [0.717, 1.165) is 32.6 Å². The summed E-state index contributed by atoms with van der Waals surface area (Å²) in [6, 6.07) is -1.72. The molecule has 0 aromatic heterocycles. The molecule has 28 heteroatoms. The molecular formula is C42H73NO27. The largest absolute Gasteiger partial charge is 0.469 e. The van der Waals surface area contributed by atoms with Crippen molar-refractivity contribution in [3.8, 4) is 0 Å². The SMILES string of the molecule is COC(=O)CCCCCCCCO[C@@H]1O[C@H](CO)[C@@H](O[C@@H]2O[C@H](CO)[C@H](O)[C@H](O[C@@H]3O[C@H](CO)[C@@H](O[C@@H]4O[C@H](CO)[C@H](O)[C@H](O)[C@H]4O[C@@H]4O[C@@H](C)[C@@H](O)[C@@H](O)[C@H]4O)[C@H](O)C3NC(C)=O)[C@H]2O)[C@H](O)[C@H]1O. The fourth-order valence-corrected chi connectivity index (χ4v) is 8.86. The molecule has 0 radical (unpaired) electrons. The number of ether oxygens (including phenoxy) is 11. The van der Waals surface area contributed by atoms with Crippen molar-refractivity contribution < 1.29 is 133 Å². The predicted octanol–water partition coefficient (Wildman–Crippen LogP) is -7.83. The van der Waals surface area contributed by atoms with Crippen LogP contribution in [0.1, 0.15) is 58.8 Å². The molecule has 5 rings (SSSR count). The highest BCUT2D eigenvalue weighted by molar-refractivity contribution is 5.73. The number of carbonyl (C=O) groups excluding carboxylic acids is 2. The Bertz CT molecular complexity index is 1570. The van der Waals surface area contributed by atoms with E-state index in [1.807, 2.05) is 0 Å². The van der Waals surface area contributed by atoms with Crippen molar-refractivity contribution in [2.24, 2.45) is 0 Å². The predicted molar refractivity (Wildman–Crippen MR) is 225 cm³/mol. The standard InChI is InChI=1S/C42H73NO27/c1-16-24(50)28(54)31(57)40(62-16)70-37-29(55)25(51)18(12-44)64-42(37)68-34-20(14-46)65-38(23(27(34)53)43-17(2)48)69-36-26(52)19(13-45)63-41(33(36)59)67-35-21(15-47)66-39(32(58)30(35)56)61-11-9-7-5-4-6-8-10-22(49)60-3/h16,18-21,23-42,44-47,50-59H,4-15H2,1-3H3,(H,43,48)/t16-,18+,19+,20+,21+,23?,24+,25-,26-,27+,28+,29-,30+,31+,32+,33+,34+,35+,36-,37+,38-,39+,40-,41-,42-/m0/s1. The van der Waals surface area contributed by atoms with Gasteiger partial charge in [-0.25, -0.2) is 0 Å². The van der Waals surface area contributed by atoms with E-state index in [4.69, 9.17) is 47.4 Å². The molecule has 1 amide bonds. The zero-order valence-corrected chi connectivity index (χ0v) is 39.0. The van der Waals surface area contributed by atoms with Crippen molar-refractivity contribution in [3.63, 3.8) is 0 Å². The lowest BCUT2D eigenvalue weighted by atomic mass is 9.94. The molecule has 70 heavy (non-hydrogen) atoms. The number of rotatable bonds is 23. The first kappa shape index (κ1) is 58.9. The van der Waals surface area contributed by atoms with Gasteiger partial charge in [0, 0.05) is 20.0 Å². The molecule has 0 aromatic carbocycles. The monoisotopic (exact) mass is 1020 g/mol. The van der Waals surface area contributed by atoms with Crippen LogP contribution in [-0.2, 0) is 61.7 Å². The maximum absolute atomic E-state index is 12.6. The molecule has 408 valence electrons.